The molecule has 0 heterocycles. The predicted molar refractivity (Wildman–Crippen MR) is 148 cm³/mol. The fourth-order valence-corrected chi connectivity index (χ4v) is 3.99. The smallest absolute Gasteiger partial charge is 0.326 e. The molecule has 2 amide bonds. The number of aliphatic carboxylic acids is 1. The molecule has 0 aromatic heterocycles. The zero-order valence-corrected chi connectivity index (χ0v) is 21.8. The van der Waals surface area contributed by atoms with Gasteiger partial charge in [-0.15, -0.1) is 0 Å². The van der Waals surface area contributed by atoms with Crippen molar-refractivity contribution in [1.29, 1.82) is 0 Å². The number of benzene rings is 3. The third-order valence-electron chi connectivity index (χ3n) is 5.54. The summed E-state index contributed by atoms with van der Waals surface area (Å²) in [4.78, 5) is 37.5. The van der Waals surface area contributed by atoms with E-state index in [0.717, 1.165) is 11.1 Å². The number of carboxylic acids is 1. The van der Waals surface area contributed by atoms with Crippen LogP contribution in [0.5, 0.6) is 0 Å². The zero-order chi connectivity index (χ0) is 25.9. The second-order valence-electron chi connectivity index (χ2n) is 8.20. The van der Waals surface area contributed by atoms with E-state index in [-0.39, 0.29) is 12.1 Å². The standard InChI is InChI=1S/C28H30N2O5S.H3N/c1-19(35-18-20-9-5-3-6-10-20)26(31)29-22-13-14-23(24(17-22)21-11-7-4-8-12-21)27(32)30-25(28(33)34)15-16-36-2;/h3-14,17,19,25H,15-16,18H2,1-2H3,(H,29,31)(H,30,32)(H,33,34);1H3. The molecule has 2 atom stereocenters. The molecule has 196 valence electrons. The van der Waals surface area contributed by atoms with Crippen LogP contribution in [-0.2, 0) is 20.9 Å². The first-order chi connectivity index (χ1) is 17.4. The van der Waals surface area contributed by atoms with E-state index in [0.29, 0.717) is 35.6 Å². The summed E-state index contributed by atoms with van der Waals surface area (Å²) in [6.45, 7) is 1.99. The molecule has 3 aromatic carbocycles. The molecule has 3 rings (SSSR count). The lowest BCUT2D eigenvalue weighted by atomic mass is 9.98. The molecule has 0 radical (unpaired) electrons. The minimum atomic E-state index is -1.08. The Labute approximate surface area is 221 Å². The Morgan fingerprint density at radius 1 is 0.973 bits per heavy atom. The van der Waals surface area contributed by atoms with Crippen molar-refractivity contribution < 1.29 is 24.2 Å². The number of hydrogen-bond acceptors (Lipinski definition) is 6. The van der Waals surface area contributed by atoms with Gasteiger partial charge in [-0.1, -0.05) is 60.7 Å². The largest absolute Gasteiger partial charge is 0.480 e. The van der Waals surface area contributed by atoms with Crippen molar-refractivity contribution in [2.45, 2.75) is 32.1 Å². The summed E-state index contributed by atoms with van der Waals surface area (Å²) in [6, 6.07) is 22.8. The average molecular weight is 524 g/mol. The van der Waals surface area contributed by atoms with Gasteiger partial charge in [-0.3, -0.25) is 9.59 Å². The molecule has 8 nitrogen and oxygen atoms in total. The first-order valence-electron chi connectivity index (χ1n) is 11.6. The van der Waals surface area contributed by atoms with Crippen LogP contribution in [0.25, 0.3) is 11.1 Å². The number of carbonyl (C=O) groups excluding carboxylic acids is 2. The maximum atomic E-state index is 13.1. The molecule has 3 aromatic rings. The highest BCUT2D eigenvalue weighted by molar-refractivity contribution is 7.98. The number of thioether (sulfide) groups is 1. The highest BCUT2D eigenvalue weighted by atomic mass is 32.2. The molecule has 9 heteroatoms. The molecule has 0 bridgehead atoms. The van der Waals surface area contributed by atoms with Crippen molar-refractivity contribution in [3.63, 3.8) is 0 Å². The topological polar surface area (TPSA) is 140 Å². The molecular weight excluding hydrogens is 490 g/mol. The fourth-order valence-electron chi connectivity index (χ4n) is 3.52. The summed E-state index contributed by atoms with van der Waals surface area (Å²) in [6.07, 6.45) is 1.51. The Morgan fingerprint density at radius 2 is 1.62 bits per heavy atom. The molecule has 0 spiro atoms. The predicted octanol–water partition coefficient (Wildman–Crippen LogP) is 5.00. The van der Waals surface area contributed by atoms with E-state index in [1.807, 2.05) is 66.9 Å². The first kappa shape index (κ1) is 29.6. The fraction of sp³-hybridized carbons (Fsp3) is 0.250. The summed E-state index contributed by atoms with van der Waals surface area (Å²) in [5, 5.41) is 15.0. The SMILES string of the molecule is CSCCC(NC(=O)c1ccc(NC(=O)C(C)OCc2ccccc2)cc1-c1ccccc1)C(=O)O.N. The van der Waals surface area contributed by atoms with Crippen LogP contribution in [-0.4, -0.2) is 47.0 Å². The van der Waals surface area contributed by atoms with E-state index in [2.05, 4.69) is 10.6 Å². The number of nitrogens with one attached hydrogen (secondary N) is 2. The lowest BCUT2D eigenvalue weighted by molar-refractivity contribution is -0.139. The number of carboxylic acid groups (broad SMARTS) is 1. The van der Waals surface area contributed by atoms with Gasteiger partial charge in [0.2, 0.25) is 0 Å². The maximum Gasteiger partial charge on any atom is 0.326 e. The summed E-state index contributed by atoms with van der Waals surface area (Å²) in [5.41, 5.74) is 3.14. The summed E-state index contributed by atoms with van der Waals surface area (Å²) >= 11 is 1.52. The van der Waals surface area contributed by atoms with E-state index in [4.69, 9.17) is 4.74 Å². The van der Waals surface area contributed by atoms with Crippen molar-refractivity contribution in [2.24, 2.45) is 0 Å². The maximum absolute atomic E-state index is 13.1. The quantitative estimate of drug-likeness (QED) is 0.262. The lowest BCUT2D eigenvalue weighted by Gasteiger charge is -2.18. The Kier molecular flexibility index (Phi) is 11.8. The number of ether oxygens (including phenoxy) is 1. The molecule has 0 saturated heterocycles. The van der Waals surface area contributed by atoms with E-state index in [1.54, 1.807) is 25.1 Å². The molecule has 37 heavy (non-hydrogen) atoms. The van der Waals surface area contributed by atoms with Crippen LogP contribution < -0.4 is 16.8 Å². The van der Waals surface area contributed by atoms with Crippen LogP contribution in [0.3, 0.4) is 0 Å². The highest BCUT2D eigenvalue weighted by Crippen LogP contribution is 2.27. The molecular formula is C28H33N3O5S. The Bertz CT molecular complexity index is 1170. The van der Waals surface area contributed by atoms with E-state index in [1.165, 1.54) is 11.8 Å². The van der Waals surface area contributed by atoms with Crippen LogP contribution in [0.15, 0.2) is 78.9 Å². The number of hydrogen-bond donors (Lipinski definition) is 4. The van der Waals surface area contributed by atoms with E-state index >= 15 is 0 Å². The normalized spacial score (nSPS) is 12.1. The summed E-state index contributed by atoms with van der Waals surface area (Å²) < 4.78 is 5.70. The minimum Gasteiger partial charge on any atom is -0.480 e. The summed E-state index contributed by atoms with van der Waals surface area (Å²) in [5.74, 6) is -1.27. The first-order valence-corrected chi connectivity index (χ1v) is 13.0. The van der Waals surface area contributed by atoms with E-state index in [9.17, 15) is 19.5 Å². The van der Waals surface area contributed by atoms with Crippen LogP contribution in [0, 0.1) is 0 Å². The monoisotopic (exact) mass is 523 g/mol. The van der Waals surface area contributed by atoms with Gasteiger partial charge in [-0.2, -0.15) is 11.8 Å². The number of amides is 2. The second kappa shape index (κ2) is 14.8. The van der Waals surface area contributed by atoms with Crippen LogP contribution in [0.2, 0.25) is 0 Å². The van der Waals surface area contributed by atoms with Crippen molar-refractivity contribution >= 4 is 35.2 Å². The Hall–Kier alpha value is -3.66. The van der Waals surface area contributed by atoms with Gasteiger partial charge in [0.25, 0.3) is 11.8 Å². The summed E-state index contributed by atoms with van der Waals surface area (Å²) in [7, 11) is 0. The lowest BCUT2D eigenvalue weighted by Crippen LogP contribution is -2.41. The second-order valence-corrected chi connectivity index (χ2v) is 9.19. The van der Waals surface area contributed by atoms with Crippen molar-refractivity contribution in [3.05, 3.63) is 90.0 Å². The highest BCUT2D eigenvalue weighted by Gasteiger charge is 2.23. The molecule has 6 N–H and O–H groups in total. The number of carbonyl (C=O) groups is 3. The Balaban J connectivity index is 0.00000481. The van der Waals surface area contributed by atoms with Gasteiger partial charge in [0.1, 0.15) is 12.1 Å². The Morgan fingerprint density at radius 3 is 2.24 bits per heavy atom. The van der Waals surface area contributed by atoms with Crippen LogP contribution in [0.1, 0.15) is 29.3 Å². The van der Waals surface area contributed by atoms with Gasteiger partial charge in [-0.05, 0) is 60.2 Å². The number of rotatable bonds is 12. The van der Waals surface area contributed by atoms with Crippen LogP contribution >= 0.6 is 11.8 Å². The van der Waals surface area contributed by atoms with Gasteiger partial charge >= 0.3 is 5.97 Å². The average Bonchev–Trinajstić information content (AvgIpc) is 2.90. The third-order valence-corrected chi connectivity index (χ3v) is 6.19. The zero-order valence-electron chi connectivity index (χ0n) is 21.0. The molecule has 0 saturated carbocycles. The van der Waals surface area contributed by atoms with Gasteiger partial charge in [0.05, 0.1) is 6.61 Å². The van der Waals surface area contributed by atoms with Gasteiger partial charge < -0.3 is 26.6 Å². The van der Waals surface area contributed by atoms with Crippen LogP contribution in [0.4, 0.5) is 5.69 Å². The van der Waals surface area contributed by atoms with Crippen molar-refractivity contribution in [2.75, 3.05) is 17.3 Å². The van der Waals surface area contributed by atoms with Crippen molar-refractivity contribution in [1.82, 2.24) is 11.5 Å². The third kappa shape index (κ3) is 8.75. The van der Waals surface area contributed by atoms with Gasteiger partial charge in [0.15, 0.2) is 0 Å². The molecule has 0 aliphatic carbocycles. The number of anilines is 1. The molecule has 0 fully saturated rings. The molecule has 0 aliphatic rings. The van der Waals surface area contributed by atoms with Gasteiger partial charge in [0, 0.05) is 11.3 Å². The van der Waals surface area contributed by atoms with Gasteiger partial charge in [-0.25, -0.2) is 4.79 Å². The molecule has 2 unspecified atom stereocenters. The molecule has 0 aliphatic heterocycles. The minimum absolute atomic E-state index is 0. The van der Waals surface area contributed by atoms with Crippen molar-refractivity contribution in [3.8, 4) is 11.1 Å². The van der Waals surface area contributed by atoms with E-state index < -0.39 is 24.0 Å².